The molecule has 5 heteroatoms. The lowest BCUT2D eigenvalue weighted by molar-refractivity contribution is -0.128. The summed E-state index contributed by atoms with van der Waals surface area (Å²) in [5.74, 6) is -4.01. The molecule has 1 nitrogen and oxygen atoms in total. The van der Waals surface area contributed by atoms with E-state index >= 15 is 0 Å². The molecule has 0 heterocycles. The molecule has 0 aromatic rings. The predicted molar refractivity (Wildman–Crippen MR) is 35.9 cm³/mol. The maximum atomic E-state index is 11.8. The normalized spacial score (nSPS) is 11.2. The zero-order valence-corrected chi connectivity index (χ0v) is 6.40. The average molecular weight is 186 g/mol. The summed E-state index contributed by atoms with van der Waals surface area (Å²) in [4.78, 5) is 10.8. The van der Waals surface area contributed by atoms with Gasteiger partial charge in [0.15, 0.2) is 0 Å². The number of carbonyl (C=O) groups is 1. The van der Waals surface area contributed by atoms with Crippen LogP contribution in [0.4, 0.5) is 17.6 Å². The van der Waals surface area contributed by atoms with Crippen molar-refractivity contribution in [2.24, 2.45) is 11.8 Å². The fourth-order valence-corrected chi connectivity index (χ4v) is 0.720. The minimum absolute atomic E-state index is 1.01. The third-order valence-corrected chi connectivity index (χ3v) is 1.55. The molecule has 0 aliphatic heterocycles. The summed E-state index contributed by atoms with van der Waals surface area (Å²) in [6.07, 6.45) is 0. The van der Waals surface area contributed by atoms with E-state index in [1.807, 2.05) is 0 Å². The summed E-state index contributed by atoms with van der Waals surface area (Å²) in [5.41, 5.74) is 0. The zero-order valence-electron chi connectivity index (χ0n) is 6.40. The molecule has 0 bridgehead atoms. The predicted octanol–water partition coefficient (Wildman–Crippen LogP) is 1.67. The highest BCUT2D eigenvalue weighted by molar-refractivity contribution is 5.83. The van der Waals surface area contributed by atoms with Crippen molar-refractivity contribution < 1.29 is 22.4 Å². The molecule has 0 fully saturated rings. The van der Waals surface area contributed by atoms with Crippen molar-refractivity contribution in [1.29, 1.82) is 0 Å². The van der Waals surface area contributed by atoms with Crippen LogP contribution in [-0.4, -0.2) is 32.5 Å². The van der Waals surface area contributed by atoms with Crippen molar-refractivity contribution in [3.05, 3.63) is 0 Å². The van der Waals surface area contributed by atoms with Gasteiger partial charge in [0.25, 0.3) is 0 Å². The molecule has 0 N–H and O–H groups in total. The number of halogens is 4. The van der Waals surface area contributed by atoms with Crippen LogP contribution in [0.5, 0.6) is 0 Å². The summed E-state index contributed by atoms with van der Waals surface area (Å²) < 4.78 is 47.3. The van der Waals surface area contributed by atoms with E-state index in [2.05, 4.69) is 0 Å². The number of rotatable bonds is 6. The van der Waals surface area contributed by atoms with E-state index in [1.165, 1.54) is 0 Å². The Hall–Kier alpha value is -0.610. The van der Waals surface area contributed by atoms with E-state index in [-0.39, 0.29) is 0 Å². The van der Waals surface area contributed by atoms with Gasteiger partial charge >= 0.3 is 0 Å². The molecule has 0 unspecified atom stereocenters. The molecule has 0 aromatic heterocycles. The summed E-state index contributed by atoms with van der Waals surface area (Å²) in [6.45, 7) is -4.81. The first-order valence-electron chi connectivity index (χ1n) is 3.48. The van der Waals surface area contributed by atoms with Gasteiger partial charge in [0.05, 0.1) is 11.8 Å². The summed E-state index contributed by atoms with van der Waals surface area (Å²) in [7, 11) is 0. The number of ketones is 1. The van der Waals surface area contributed by atoms with Crippen molar-refractivity contribution in [3.63, 3.8) is 0 Å². The number of alkyl halides is 4. The second kappa shape index (κ2) is 5.97. The Kier molecular flexibility index (Phi) is 5.66. The fourth-order valence-electron chi connectivity index (χ4n) is 0.720. The van der Waals surface area contributed by atoms with Crippen LogP contribution in [0.15, 0.2) is 0 Å². The lowest BCUT2D eigenvalue weighted by Crippen LogP contribution is -2.29. The first-order valence-corrected chi connectivity index (χ1v) is 3.48. The lowest BCUT2D eigenvalue weighted by Gasteiger charge is -2.12. The molecule has 0 saturated heterocycles. The molecule has 0 saturated carbocycles. The molecule has 0 aromatic carbocycles. The monoisotopic (exact) mass is 186 g/mol. The Morgan fingerprint density at radius 2 is 1.08 bits per heavy atom. The van der Waals surface area contributed by atoms with E-state index in [0.29, 0.717) is 0 Å². The van der Waals surface area contributed by atoms with Crippen LogP contribution in [0, 0.1) is 11.8 Å². The first kappa shape index (κ1) is 11.4. The van der Waals surface area contributed by atoms with E-state index < -0.39 is 44.3 Å². The van der Waals surface area contributed by atoms with E-state index in [4.69, 9.17) is 0 Å². The average Bonchev–Trinajstić information content (AvgIpc) is 2.09. The molecule has 0 rings (SSSR count). The largest absolute Gasteiger partial charge is 0.299 e. The summed E-state index contributed by atoms with van der Waals surface area (Å²) in [6, 6.07) is 0. The third-order valence-electron chi connectivity index (χ3n) is 1.55. The van der Waals surface area contributed by atoms with Crippen LogP contribution in [0.3, 0.4) is 0 Å². The summed E-state index contributed by atoms with van der Waals surface area (Å²) >= 11 is 0. The maximum absolute atomic E-state index is 11.8. The van der Waals surface area contributed by atoms with Crippen LogP contribution in [-0.2, 0) is 4.79 Å². The number of hydrogen-bond donors (Lipinski definition) is 0. The van der Waals surface area contributed by atoms with Crippen LogP contribution < -0.4 is 0 Å². The van der Waals surface area contributed by atoms with Gasteiger partial charge in [-0.15, -0.1) is 0 Å². The number of carbonyl (C=O) groups excluding carboxylic acids is 1. The van der Waals surface area contributed by atoms with Crippen molar-refractivity contribution in [2.45, 2.75) is 0 Å². The van der Waals surface area contributed by atoms with Crippen molar-refractivity contribution in [2.75, 3.05) is 26.7 Å². The lowest BCUT2D eigenvalue weighted by atomic mass is 9.96. The highest BCUT2D eigenvalue weighted by Crippen LogP contribution is 2.11. The Labute approximate surface area is 67.8 Å². The molecular weight excluding hydrogens is 176 g/mol. The second-order valence-electron chi connectivity index (χ2n) is 2.41. The van der Waals surface area contributed by atoms with Gasteiger partial charge < -0.3 is 0 Å². The SMILES string of the molecule is O=C(C(CF)CF)C(CF)CF. The van der Waals surface area contributed by atoms with Crippen LogP contribution in [0.25, 0.3) is 0 Å². The van der Waals surface area contributed by atoms with Gasteiger partial charge in [0.1, 0.15) is 32.5 Å². The van der Waals surface area contributed by atoms with Crippen LogP contribution in [0.2, 0.25) is 0 Å². The van der Waals surface area contributed by atoms with Gasteiger partial charge in [0, 0.05) is 0 Å². The van der Waals surface area contributed by atoms with Crippen molar-refractivity contribution in [1.82, 2.24) is 0 Å². The third kappa shape index (κ3) is 2.79. The smallest absolute Gasteiger partial charge is 0.149 e. The van der Waals surface area contributed by atoms with Crippen LogP contribution >= 0.6 is 0 Å². The summed E-state index contributed by atoms with van der Waals surface area (Å²) in [5, 5.41) is 0. The van der Waals surface area contributed by atoms with Crippen LogP contribution in [0.1, 0.15) is 0 Å². The zero-order chi connectivity index (χ0) is 9.56. The minimum atomic E-state index is -1.50. The standard InChI is InChI=1S/C7H10F4O/c8-1-5(2-9)7(12)6(3-10)4-11/h5-6H,1-4H2. The molecule has 72 valence electrons. The van der Waals surface area contributed by atoms with Gasteiger partial charge in [-0.1, -0.05) is 0 Å². The van der Waals surface area contributed by atoms with Crippen molar-refractivity contribution in [3.8, 4) is 0 Å². The Morgan fingerprint density at radius 1 is 0.833 bits per heavy atom. The Bertz CT molecular complexity index is 117. The van der Waals surface area contributed by atoms with Crippen molar-refractivity contribution >= 4 is 5.78 Å². The fraction of sp³-hybridized carbons (Fsp3) is 0.857. The highest BCUT2D eigenvalue weighted by Gasteiger charge is 2.26. The van der Waals surface area contributed by atoms with Gasteiger partial charge in [-0.3, -0.25) is 22.4 Å². The van der Waals surface area contributed by atoms with Gasteiger partial charge in [-0.2, -0.15) is 0 Å². The second-order valence-corrected chi connectivity index (χ2v) is 2.41. The quantitative estimate of drug-likeness (QED) is 0.576. The molecule has 0 radical (unpaired) electrons. The Balaban J connectivity index is 4.12. The molecule has 0 aliphatic carbocycles. The van der Waals surface area contributed by atoms with E-state index in [9.17, 15) is 22.4 Å². The molecule has 0 spiro atoms. The van der Waals surface area contributed by atoms with Gasteiger partial charge in [0.2, 0.25) is 0 Å². The Morgan fingerprint density at radius 3 is 1.25 bits per heavy atom. The van der Waals surface area contributed by atoms with E-state index in [0.717, 1.165) is 0 Å². The molecule has 12 heavy (non-hydrogen) atoms. The molecule has 0 amide bonds. The van der Waals surface area contributed by atoms with Gasteiger partial charge in [-0.05, 0) is 0 Å². The number of hydrogen-bond acceptors (Lipinski definition) is 1. The minimum Gasteiger partial charge on any atom is -0.299 e. The highest BCUT2D eigenvalue weighted by atomic mass is 19.1. The van der Waals surface area contributed by atoms with Gasteiger partial charge in [-0.25, -0.2) is 0 Å². The first-order chi connectivity index (χ1) is 5.71. The topological polar surface area (TPSA) is 17.1 Å². The number of Topliss-reactive ketones (excluding diaryl/α,β-unsaturated/α-hetero) is 1. The maximum Gasteiger partial charge on any atom is 0.149 e. The van der Waals surface area contributed by atoms with E-state index in [1.54, 1.807) is 0 Å². The molecule has 0 atom stereocenters. The molecular formula is C7H10F4O. The molecule has 0 aliphatic rings.